The van der Waals surface area contributed by atoms with Gasteiger partial charge in [0.1, 0.15) is 10.8 Å². The molecule has 3 nitrogen and oxygen atoms in total. The number of pyridine rings is 1. The normalized spacial score (nSPS) is 10.2. The summed E-state index contributed by atoms with van der Waals surface area (Å²) in [5, 5.41) is 3.26. The van der Waals surface area contributed by atoms with E-state index < -0.39 is 0 Å². The highest BCUT2D eigenvalue weighted by atomic mass is 32.2. The number of nitrogens with two attached hydrogens (primary N) is 1. The molecule has 5 heteroatoms. The number of hydrogen-bond donors (Lipinski definition) is 2. The highest BCUT2D eigenvalue weighted by Gasteiger charge is 2.03. The van der Waals surface area contributed by atoms with Gasteiger partial charge in [0, 0.05) is 21.8 Å². The highest BCUT2D eigenvalue weighted by Crippen LogP contribution is 2.21. The van der Waals surface area contributed by atoms with Gasteiger partial charge in [0.25, 0.3) is 0 Å². The highest BCUT2D eigenvalue weighted by molar-refractivity contribution is 7.98. The van der Waals surface area contributed by atoms with Gasteiger partial charge in [-0.15, -0.1) is 11.8 Å². The third kappa shape index (κ3) is 3.68. The van der Waals surface area contributed by atoms with Crippen LogP contribution in [0.2, 0.25) is 0 Å². The van der Waals surface area contributed by atoms with Crippen molar-refractivity contribution in [1.82, 2.24) is 4.98 Å². The first kappa shape index (κ1) is 13.8. The molecule has 0 amide bonds. The summed E-state index contributed by atoms with van der Waals surface area (Å²) in [4.78, 5) is 6.03. The van der Waals surface area contributed by atoms with Crippen LogP contribution in [0.1, 0.15) is 11.3 Å². The third-order valence-electron chi connectivity index (χ3n) is 2.60. The van der Waals surface area contributed by atoms with E-state index in [4.69, 9.17) is 18.0 Å². The molecule has 3 N–H and O–H groups in total. The number of nitrogens with zero attached hydrogens (tertiary/aromatic N) is 1. The third-order valence-corrected chi connectivity index (χ3v) is 3.58. The fraction of sp³-hybridized carbons (Fsp3) is 0.143. The van der Waals surface area contributed by atoms with Gasteiger partial charge in [-0.1, -0.05) is 12.2 Å². The Balaban J connectivity index is 2.24. The zero-order valence-electron chi connectivity index (χ0n) is 10.8. The molecule has 2 rings (SSSR count). The van der Waals surface area contributed by atoms with Crippen LogP contribution >= 0.6 is 24.0 Å². The summed E-state index contributed by atoms with van der Waals surface area (Å²) in [5.41, 5.74) is 8.35. The zero-order valence-corrected chi connectivity index (χ0v) is 12.4. The molecule has 0 aliphatic heterocycles. The average Bonchev–Trinajstić information content (AvgIpc) is 2.39. The van der Waals surface area contributed by atoms with Crippen LogP contribution in [0.25, 0.3) is 0 Å². The van der Waals surface area contributed by atoms with Gasteiger partial charge < -0.3 is 11.1 Å². The van der Waals surface area contributed by atoms with Gasteiger partial charge in [0.2, 0.25) is 0 Å². The van der Waals surface area contributed by atoms with Gasteiger partial charge in [-0.3, -0.25) is 0 Å². The largest absolute Gasteiger partial charge is 0.389 e. The number of aromatic nitrogens is 1. The van der Waals surface area contributed by atoms with Crippen molar-refractivity contribution < 1.29 is 0 Å². The molecule has 2 aromatic rings. The second-order valence-corrected chi connectivity index (χ2v) is 5.42. The summed E-state index contributed by atoms with van der Waals surface area (Å²) < 4.78 is 0. The lowest BCUT2D eigenvalue weighted by Crippen LogP contribution is -2.10. The van der Waals surface area contributed by atoms with Crippen molar-refractivity contribution in [3.05, 3.63) is 47.7 Å². The van der Waals surface area contributed by atoms with Crippen molar-refractivity contribution in [1.29, 1.82) is 0 Å². The van der Waals surface area contributed by atoms with Gasteiger partial charge in [-0.05, 0) is 49.6 Å². The summed E-state index contributed by atoms with van der Waals surface area (Å²) in [6, 6.07) is 11.9. The Morgan fingerprint density at radius 1 is 1.26 bits per heavy atom. The lowest BCUT2D eigenvalue weighted by Gasteiger charge is -2.09. The Morgan fingerprint density at radius 2 is 1.95 bits per heavy atom. The van der Waals surface area contributed by atoms with Crippen molar-refractivity contribution in [2.45, 2.75) is 11.8 Å². The molecule has 0 radical (unpaired) electrons. The van der Waals surface area contributed by atoms with Crippen molar-refractivity contribution in [3.63, 3.8) is 0 Å². The van der Waals surface area contributed by atoms with E-state index in [-0.39, 0.29) is 0 Å². The average molecular weight is 289 g/mol. The van der Waals surface area contributed by atoms with Gasteiger partial charge >= 0.3 is 0 Å². The van der Waals surface area contributed by atoms with E-state index in [1.807, 2.05) is 31.2 Å². The number of benzene rings is 1. The summed E-state index contributed by atoms with van der Waals surface area (Å²) in [7, 11) is 0. The molecule has 0 spiro atoms. The van der Waals surface area contributed by atoms with Gasteiger partial charge in [-0.25, -0.2) is 4.98 Å². The number of hydrogen-bond acceptors (Lipinski definition) is 4. The summed E-state index contributed by atoms with van der Waals surface area (Å²) >= 11 is 6.71. The number of thioether (sulfide) groups is 1. The van der Waals surface area contributed by atoms with Crippen molar-refractivity contribution in [2.24, 2.45) is 5.73 Å². The molecule has 0 bridgehead atoms. The van der Waals surface area contributed by atoms with Crippen LogP contribution in [0, 0.1) is 6.92 Å². The van der Waals surface area contributed by atoms with Crippen LogP contribution in [-0.2, 0) is 0 Å². The van der Waals surface area contributed by atoms with Crippen LogP contribution in [0.4, 0.5) is 11.5 Å². The molecular weight excluding hydrogens is 274 g/mol. The number of anilines is 2. The van der Waals surface area contributed by atoms with E-state index in [2.05, 4.69) is 28.7 Å². The van der Waals surface area contributed by atoms with E-state index in [0.717, 1.165) is 22.8 Å². The van der Waals surface area contributed by atoms with Crippen LogP contribution in [-0.4, -0.2) is 16.2 Å². The van der Waals surface area contributed by atoms with Crippen molar-refractivity contribution in [3.8, 4) is 0 Å². The zero-order chi connectivity index (χ0) is 13.8. The molecule has 0 saturated heterocycles. The number of thiocarbonyl (C=S) groups is 1. The Morgan fingerprint density at radius 3 is 2.53 bits per heavy atom. The van der Waals surface area contributed by atoms with E-state index in [0.29, 0.717) is 4.99 Å². The molecule has 0 fully saturated rings. The second-order valence-electron chi connectivity index (χ2n) is 4.10. The predicted molar refractivity (Wildman–Crippen MR) is 86.4 cm³/mol. The first-order chi connectivity index (χ1) is 9.08. The number of aryl methyl sites for hydroxylation is 1. The Bertz CT molecular complexity index is 594. The Hall–Kier alpha value is -1.59. The SMILES string of the molecule is CSc1ccc(Nc2cc(C(N)=S)cc(C)n2)cc1. The summed E-state index contributed by atoms with van der Waals surface area (Å²) in [6.45, 7) is 1.92. The summed E-state index contributed by atoms with van der Waals surface area (Å²) in [6.07, 6.45) is 2.05. The molecule has 1 aromatic carbocycles. The van der Waals surface area contributed by atoms with E-state index in [1.54, 1.807) is 11.8 Å². The molecule has 1 heterocycles. The maximum absolute atomic E-state index is 5.66. The molecule has 0 unspecified atom stereocenters. The van der Waals surface area contributed by atoms with Crippen LogP contribution in [0.5, 0.6) is 0 Å². The molecule has 98 valence electrons. The van der Waals surface area contributed by atoms with Crippen LogP contribution in [0.3, 0.4) is 0 Å². The fourth-order valence-corrected chi connectivity index (χ4v) is 2.22. The van der Waals surface area contributed by atoms with E-state index >= 15 is 0 Å². The minimum Gasteiger partial charge on any atom is -0.389 e. The number of nitrogens with one attached hydrogen (secondary N) is 1. The predicted octanol–water partition coefficient (Wildman–Crippen LogP) is 3.49. The molecule has 1 aromatic heterocycles. The van der Waals surface area contributed by atoms with Gasteiger partial charge in [-0.2, -0.15) is 0 Å². The molecule has 0 aliphatic carbocycles. The number of rotatable bonds is 4. The van der Waals surface area contributed by atoms with Crippen molar-refractivity contribution in [2.75, 3.05) is 11.6 Å². The standard InChI is InChI=1S/C14H15N3S2/c1-9-7-10(14(15)18)8-13(16-9)17-11-3-5-12(19-2)6-4-11/h3-8H,1-2H3,(H2,15,18)(H,16,17). The Labute approximate surface area is 122 Å². The fourth-order valence-electron chi connectivity index (χ4n) is 1.70. The topological polar surface area (TPSA) is 50.9 Å². The quantitative estimate of drug-likeness (QED) is 0.666. The van der Waals surface area contributed by atoms with Crippen LogP contribution < -0.4 is 11.1 Å². The first-order valence-corrected chi connectivity index (χ1v) is 7.41. The van der Waals surface area contributed by atoms with Crippen molar-refractivity contribution >= 4 is 40.5 Å². The smallest absolute Gasteiger partial charge is 0.131 e. The first-order valence-electron chi connectivity index (χ1n) is 5.78. The van der Waals surface area contributed by atoms with Gasteiger partial charge in [0.15, 0.2) is 0 Å². The molecular formula is C14H15N3S2. The summed E-state index contributed by atoms with van der Waals surface area (Å²) in [5.74, 6) is 0.750. The van der Waals surface area contributed by atoms with Crippen LogP contribution in [0.15, 0.2) is 41.3 Å². The molecule has 0 aliphatic rings. The Kier molecular flexibility index (Phi) is 4.39. The minimum atomic E-state index is 0.381. The van der Waals surface area contributed by atoms with E-state index in [1.165, 1.54) is 4.90 Å². The van der Waals surface area contributed by atoms with E-state index in [9.17, 15) is 0 Å². The lowest BCUT2D eigenvalue weighted by molar-refractivity contribution is 1.19. The van der Waals surface area contributed by atoms with Gasteiger partial charge in [0.05, 0.1) is 0 Å². The minimum absolute atomic E-state index is 0.381. The monoisotopic (exact) mass is 289 g/mol. The molecule has 0 atom stereocenters. The molecule has 0 saturated carbocycles. The molecule has 19 heavy (non-hydrogen) atoms. The maximum atomic E-state index is 5.66. The lowest BCUT2D eigenvalue weighted by atomic mass is 10.2. The second kappa shape index (κ2) is 6.04. The maximum Gasteiger partial charge on any atom is 0.131 e.